The zero-order chi connectivity index (χ0) is 19.2. The van der Waals surface area contributed by atoms with E-state index >= 15 is 0 Å². The summed E-state index contributed by atoms with van der Waals surface area (Å²) in [6.45, 7) is 8.24. The summed E-state index contributed by atoms with van der Waals surface area (Å²) in [6.07, 6.45) is 1.66. The van der Waals surface area contributed by atoms with Crippen LogP contribution in [0.1, 0.15) is 11.1 Å². The summed E-state index contributed by atoms with van der Waals surface area (Å²) in [7, 11) is 0. The SMILES string of the molecule is C=CCNC(=O)CSc1nnc(-c2ccc(C)c(C)c2)n1-c1ccccc1. The minimum absolute atomic E-state index is 0.0600. The third-order valence-corrected chi connectivity index (χ3v) is 5.12. The third-order valence-electron chi connectivity index (χ3n) is 4.19. The Kier molecular flexibility index (Phi) is 6.08. The lowest BCUT2D eigenvalue weighted by molar-refractivity contribution is -0.118. The number of nitrogens with zero attached hydrogens (tertiary/aromatic N) is 3. The molecule has 0 atom stereocenters. The number of thioether (sulfide) groups is 1. The van der Waals surface area contributed by atoms with Crippen LogP contribution in [0.2, 0.25) is 0 Å². The van der Waals surface area contributed by atoms with Crippen LogP contribution in [-0.2, 0) is 4.79 Å². The van der Waals surface area contributed by atoms with Gasteiger partial charge in [-0.15, -0.1) is 16.8 Å². The van der Waals surface area contributed by atoms with E-state index in [1.807, 2.05) is 34.9 Å². The number of hydrogen-bond acceptors (Lipinski definition) is 4. The van der Waals surface area contributed by atoms with Crippen molar-refractivity contribution < 1.29 is 4.79 Å². The maximum absolute atomic E-state index is 11.9. The highest BCUT2D eigenvalue weighted by atomic mass is 32.2. The van der Waals surface area contributed by atoms with E-state index in [1.54, 1.807) is 6.08 Å². The number of hydrogen-bond donors (Lipinski definition) is 1. The first-order chi connectivity index (χ1) is 13.1. The molecule has 0 spiro atoms. The number of aromatic nitrogens is 3. The Morgan fingerprint density at radius 2 is 1.93 bits per heavy atom. The average molecular weight is 379 g/mol. The van der Waals surface area contributed by atoms with Gasteiger partial charge in [0, 0.05) is 17.8 Å². The predicted molar refractivity (Wildman–Crippen MR) is 110 cm³/mol. The first-order valence-electron chi connectivity index (χ1n) is 8.69. The molecule has 27 heavy (non-hydrogen) atoms. The smallest absolute Gasteiger partial charge is 0.230 e. The molecule has 0 aliphatic carbocycles. The van der Waals surface area contributed by atoms with Crippen LogP contribution in [0.3, 0.4) is 0 Å². The van der Waals surface area contributed by atoms with Crippen molar-refractivity contribution in [2.24, 2.45) is 0 Å². The van der Waals surface area contributed by atoms with Gasteiger partial charge in [-0.25, -0.2) is 0 Å². The van der Waals surface area contributed by atoms with Crippen molar-refractivity contribution in [2.45, 2.75) is 19.0 Å². The van der Waals surface area contributed by atoms with Crippen molar-refractivity contribution >= 4 is 17.7 Å². The standard InChI is InChI=1S/C21H22N4OS/c1-4-12-22-19(26)14-27-21-24-23-20(17-11-10-15(2)16(3)13-17)25(21)18-8-6-5-7-9-18/h4-11,13H,1,12,14H2,2-3H3,(H,22,26). The molecule has 0 saturated heterocycles. The van der Waals surface area contributed by atoms with Gasteiger partial charge in [0.25, 0.3) is 0 Å². The molecule has 0 bridgehead atoms. The zero-order valence-electron chi connectivity index (χ0n) is 15.5. The highest BCUT2D eigenvalue weighted by Crippen LogP contribution is 2.28. The zero-order valence-corrected chi connectivity index (χ0v) is 16.3. The fourth-order valence-corrected chi connectivity index (χ4v) is 3.39. The second-order valence-electron chi connectivity index (χ2n) is 6.16. The van der Waals surface area contributed by atoms with Crippen LogP contribution in [0.25, 0.3) is 17.1 Å². The van der Waals surface area contributed by atoms with Gasteiger partial charge in [-0.1, -0.05) is 48.2 Å². The molecule has 0 aliphatic rings. The van der Waals surface area contributed by atoms with Gasteiger partial charge in [-0.3, -0.25) is 9.36 Å². The van der Waals surface area contributed by atoms with Gasteiger partial charge in [0.05, 0.1) is 5.75 Å². The van der Waals surface area contributed by atoms with E-state index in [0.717, 1.165) is 17.1 Å². The summed E-state index contributed by atoms with van der Waals surface area (Å²) in [5.74, 6) is 0.972. The van der Waals surface area contributed by atoms with Crippen molar-refractivity contribution in [3.8, 4) is 17.1 Å². The summed E-state index contributed by atoms with van der Waals surface area (Å²) in [5, 5.41) is 12.2. The van der Waals surface area contributed by atoms with Gasteiger partial charge in [0.1, 0.15) is 0 Å². The summed E-state index contributed by atoms with van der Waals surface area (Å²) >= 11 is 1.37. The van der Waals surface area contributed by atoms with E-state index in [2.05, 4.69) is 54.1 Å². The Morgan fingerprint density at radius 1 is 1.15 bits per heavy atom. The number of nitrogens with one attached hydrogen (secondary N) is 1. The van der Waals surface area contributed by atoms with Crippen LogP contribution in [0.5, 0.6) is 0 Å². The Labute approximate surface area is 163 Å². The minimum Gasteiger partial charge on any atom is -0.352 e. The molecule has 138 valence electrons. The fourth-order valence-electron chi connectivity index (χ4n) is 2.61. The molecule has 0 saturated carbocycles. The highest BCUT2D eigenvalue weighted by Gasteiger charge is 2.17. The number of aryl methyl sites for hydroxylation is 2. The van der Waals surface area contributed by atoms with Crippen molar-refractivity contribution in [3.05, 3.63) is 72.3 Å². The van der Waals surface area contributed by atoms with Gasteiger partial charge < -0.3 is 5.32 Å². The van der Waals surface area contributed by atoms with Gasteiger partial charge in [-0.2, -0.15) is 0 Å². The van der Waals surface area contributed by atoms with E-state index in [1.165, 1.54) is 22.9 Å². The molecule has 0 aliphatic heterocycles. The predicted octanol–water partition coefficient (Wildman–Crippen LogP) is 3.95. The molecule has 1 N–H and O–H groups in total. The average Bonchev–Trinajstić information content (AvgIpc) is 3.11. The molecule has 0 unspecified atom stereocenters. The van der Waals surface area contributed by atoms with Crippen LogP contribution in [0.4, 0.5) is 0 Å². The normalized spacial score (nSPS) is 10.6. The van der Waals surface area contributed by atoms with Gasteiger partial charge in [-0.05, 0) is 43.2 Å². The van der Waals surface area contributed by atoms with Crippen molar-refractivity contribution in [3.63, 3.8) is 0 Å². The lowest BCUT2D eigenvalue weighted by atomic mass is 10.1. The molecule has 0 fully saturated rings. The largest absolute Gasteiger partial charge is 0.352 e. The topological polar surface area (TPSA) is 59.8 Å². The second-order valence-corrected chi connectivity index (χ2v) is 7.10. The number of rotatable bonds is 7. The van der Waals surface area contributed by atoms with Crippen LogP contribution >= 0.6 is 11.8 Å². The fraction of sp³-hybridized carbons (Fsp3) is 0.190. The van der Waals surface area contributed by atoms with Crippen molar-refractivity contribution in [1.82, 2.24) is 20.1 Å². The molecular formula is C21H22N4OS. The molecule has 6 heteroatoms. The molecule has 0 radical (unpaired) electrons. The molecule has 1 aromatic heterocycles. The van der Waals surface area contributed by atoms with E-state index in [9.17, 15) is 4.79 Å². The Bertz CT molecular complexity index is 950. The molecule has 1 amide bonds. The van der Waals surface area contributed by atoms with E-state index in [4.69, 9.17) is 0 Å². The number of para-hydroxylation sites is 1. The number of carbonyl (C=O) groups is 1. The number of carbonyl (C=O) groups excluding carboxylic acids is 1. The highest BCUT2D eigenvalue weighted by molar-refractivity contribution is 7.99. The Hall–Kier alpha value is -2.86. The van der Waals surface area contributed by atoms with Crippen LogP contribution in [0, 0.1) is 13.8 Å². The van der Waals surface area contributed by atoms with E-state index < -0.39 is 0 Å². The first kappa shape index (κ1) is 18.9. The number of benzene rings is 2. The lowest BCUT2D eigenvalue weighted by Gasteiger charge is -2.11. The number of amides is 1. The monoisotopic (exact) mass is 378 g/mol. The van der Waals surface area contributed by atoms with Gasteiger partial charge >= 0.3 is 0 Å². The minimum atomic E-state index is -0.0600. The maximum atomic E-state index is 11.9. The quantitative estimate of drug-likeness (QED) is 0.500. The molecule has 2 aromatic carbocycles. The molecular weight excluding hydrogens is 356 g/mol. The Morgan fingerprint density at radius 3 is 2.63 bits per heavy atom. The van der Waals surface area contributed by atoms with Crippen LogP contribution in [0.15, 0.2) is 66.3 Å². The Balaban J connectivity index is 1.97. The van der Waals surface area contributed by atoms with Gasteiger partial charge in [0.2, 0.25) is 5.91 Å². The van der Waals surface area contributed by atoms with Crippen molar-refractivity contribution in [1.29, 1.82) is 0 Å². The summed E-state index contributed by atoms with van der Waals surface area (Å²) in [6, 6.07) is 16.2. The summed E-state index contributed by atoms with van der Waals surface area (Å²) in [4.78, 5) is 11.9. The summed E-state index contributed by atoms with van der Waals surface area (Å²) in [5.41, 5.74) is 4.40. The molecule has 3 rings (SSSR count). The second kappa shape index (κ2) is 8.68. The first-order valence-corrected chi connectivity index (χ1v) is 9.67. The lowest BCUT2D eigenvalue weighted by Crippen LogP contribution is -2.25. The molecule has 3 aromatic rings. The molecule has 1 heterocycles. The van der Waals surface area contributed by atoms with Gasteiger partial charge in [0.15, 0.2) is 11.0 Å². The van der Waals surface area contributed by atoms with E-state index in [0.29, 0.717) is 11.7 Å². The van der Waals surface area contributed by atoms with Crippen LogP contribution < -0.4 is 5.32 Å². The van der Waals surface area contributed by atoms with E-state index in [-0.39, 0.29) is 11.7 Å². The van der Waals surface area contributed by atoms with Crippen LogP contribution in [-0.4, -0.2) is 33.0 Å². The summed E-state index contributed by atoms with van der Waals surface area (Å²) < 4.78 is 2.00. The van der Waals surface area contributed by atoms with Crippen molar-refractivity contribution in [2.75, 3.05) is 12.3 Å². The maximum Gasteiger partial charge on any atom is 0.230 e. The third kappa shape index (κ3) is 4.46. The molecule has 5 nitrogen and oxygen atoms in total.